The summed E-state index contributed by atoms with van der Waals surface area (Å²) in [5.41, 5.74) is 0.702. The molecule has 0 radical (unpaired) electrons. The van der Waals surface area contributed by atoms with Crippen molar-refractivity contribution in [2.75, 3.05) is 6.61 Å². The van der Waals surface area contributed by atoms with Gasteiger partial charge in [0.2, 0.25) is 0 Å². The molecule has 0 unspecified atom stereocenters. The largest absolute Gasteiger partial charge is 0.304 e. The van der Waals surface area contributed by atoms with Crippen molar-refractivity contribution < 1.29 is 4.84 Å². The molecular weight excluding hydrogens is 221 g/mol. The highest BCUT2D eigenvalue weighted by Crippen LogP contribution is 2.34. The van der Waals surface area contributed by atoms with E-state index in [9.17, 15) is 0 Å². The van der Waals surface area contributed by atoms with E-state index in [1.165, 1.54) is 0 Å². The fourth-order valence-corrected chi connectivity index (χ4v) is 1.87. The van der Waals surface area contributed by atoms with Crippen molar-refractivity contribution in [2.24, 2.45) is 5.90 Å². The Hall–Kier alpha value is -0.280. The Balaban J connectivity index is 3.12. The minimum Gasteiger partial charge on any atom is -0.304 e. The van der Waals surface area contributed by atoms with Crippen LogP contribution in [0.25, 0.3) is 0 Å². The highest BCUT2D eigenvalue weighted by atomic mass is 35.5. The molecule has 0 spiro atoms. The van der Waals surface area contributed by atoms with Crippen molar-refractivity contribution in [3.8, 4) is 0 Å². The first kappa shape index (κ1) is 11.8. The SMILES string of the molecule is CC(C)(CON)c1cccc(Cl)c1Cl. The molecule has 1 aromatic carbocycles. The number of halogens is 2. The molecule has 1 aromatic rings. The maximum Gasteiger partial charge on any atom is 0.0771 e. The first-order chi connectivity index (χ1) is 6.49. The maximum atomic E-state index is 6.09. The van der Waals surface area contributed by atoms with Gasteiger partial charge in [-0.15, -0.1) is 0 Å². The third-order valence-corrected chi connectivity index (χ3v) is 2.94. The summed E-state index contributed by atoms with van der Waals surface area (Å²) in [6.45, 7) is 4.39. The summed E-state index contributed by atoms with van der Waals surface area (Å²) >= 11 is 12.0. The van der Waals surface area contributed by atoms with Crippen LogP contribution in [0.1, 0.15) is 19.4 Å². The predicted octanol–water partition coefficient (Wildman–Crippen LogP) is 3.16. The molecule has 0 aromatic heterocycles. The van der Waals surface area contributed by atoms with Gasteiger partial charge >= 0.3 is 0 Å². The van der Waals surface area contributed by atoms with Crippen LogP contribution < -0.4 is 5.90 Å². The van der Waals surface area contributed by atoms with E-state index in [-0.39, 0.29) is 5.41 Å². The summed E-state index contributed by atoms with van der Waals surface area (Å²) in [5, 5.41) is 1.12. The molecule has 14 heavy (non-hydrogen) atoms. The number of benzene rings is 1. The average molecular weight is 234 g/mol. The molecule has 0 bridgehead atoms. The fraction of sp³-hybridized carbons (Fsp3) is 0.400. The summed E-state index contributed by atoms with van der Waals surface area (Å²) < 4.78 is 0. The van der Waals surface area contributed by atoms with Crippen molar-refractivity contribution in [2.45, 2.75) is 19.3 Å². The highest BCUT2D eigenvalue weighted by molar-refractivity contribution is 6.42. The van der Waals surface area contributed by atoms with Crippen LogP contribution in [0.15, 0.2) is 18.2 Å². The summed E-state index contributed by atoms with van der Waals surface area (Å²) in [6, 6.07) is 5.54. The van der Waals surface area contributed by atoms with Crippen LogP contribution in [-0.4, -0.2) is 6.61 Å². The maximum absolute atomic E-state index is 6.09. The van der Waals surface area contributed by atoms with Gasteiger partial charge in [0.25, 0.3) is 0 Å². The van der Waals surface area contributed by atoms with Gasteiger partial charge in [0, 0.05) is 5.41 Å². The summed E-state index contributed by atoms with van der Waals surface area (Å²) in [7, 11) is 0. The van der Waals surface area contributed by atoms with Crippen LogP contribution >= 0.6 is 23.2 Å². The van der Waals surface area contributed by atoms with Gasteiger partial charge in [-0.3, -0.25) is 0 Å². The van der Waals surface area contributed by atoms with E-state index in [1.54, 1.807) is 6.07 Å². The van der Waals surface area contributed by atoms with Gasteiger partial charge in [-0.25, -0.2) is 5.90 Å². The Labute approximate surface area is 93.9 Å². The molecule has 0 atom stereocenters. The van der Waals surface area contributed by atoms with Crippen LogP contribution in [0.5, 0.6) is 0 Å². The standard InChI is InChI=1S/C10H13Cl2NO/c1-10(2,6-14-13)7-4-3-5-8(11)9(7)12/h3-5H,6,13H2,1-2H3. The number of hydrogen-bond acceptors (Lipinski definition) is 2. The molecule has 2 N–H and O–H groups in total. The van der Waals surface area contributed by atoms with E-state index in [1.807, 2.05) is 26.0 Å². The van der Waals surface area contributed by atoms with E-state index < -0.39 is 0 Å². The molecule has 78 valence electrons. The second-order valence-corrected chi connectivity index (χ2v) is 4.58. The molecule has 0 fully saturated rings. The van der Waals surface area contributed by atoms with Crippen LogP contribution in [-0.2, 0) is 10.3 Å². The number of rotatable bonds is 3. The van der Waals surface area contributed by atoms with Gasteiger partial charge in [-0.05, 0) is 11.6 Å². The van der Waals surface area contributed by atoms with E-state index in [0.29, 0.717) is 16.7 Å². The molecule has 0 heterocycles. The van der Waals surface area contributed by atoms with Crippen LogP contribution in [0.3, 0.4) is 0 Å². The lowest BCUT2D eigenvalue weighted by Crippen LogP contribution is -2.26. The summed E-state index contributed by atoms with van der Waals surface area (Å²) in [5.74, 6) is 5.06. The Morgan fingerprint density at radius 1 is 1.36 bits per heavy atom. The van der Waals surface area contributed by atoms with E-state index in [4.69, 9.17) is 29.1 Å². The molecule has 0 saturated carbocycles. The summed E-state index contributed by atoms with van der Waals surface area (Å²) in [4.78, 5) is 4.65. The molecule has 1 rings (SSSR count). The third-order valence-electron chi connectivity index (χ3n) is 2.12. The summed E-state index contributed by atoms with van der Waals surface area (Å²) in [6.07, 6.45) is 0. The molecule has 0 saturated heterocycles. The quantitative estimate of drug-likeness (QED) is 0.815. The van der Waals surface area contributed by atoms with Gasteiger partial charge in [0.1, 0.15) is 0 Å². The Morgan fingerprint density at radius 3 is 2.57 bits per heavy atom. The van der Waals surface area contributed by atoms with Crippen LogP contribution in [0, 0.1) is 0 Å². The first-order valence-corrected chi connectivity index (χ1v) is 5.01. The van der Waals surface area contributed by atoms with E-state index in [2.05, 4.69) is 4.84 Å². The molecule has 2 nitrogen and oxygen atoms in total. The second kappa shape index (κ2) is 4.49. The lowest BCUT2D eigenvalue weighted by molar-refractivity contribution is 0.0964. The normalized spacial score (nSPS) is 11.8. The molecule has 0 aliphatic rings. The van der Waals surface area contributed by atoms with Crippen LogP contribution in [0.4, 0.5) is 0 Å². The molecule has 4 heteroatoms. The Bertz CT molecular complexity index is 326. The van der Waals surface area contributed by atoms with Gasteiger partial charge < -0.3 is 4.84 Å². The second-order valence-electron chi connectivity index (χ2n) is 3.80. The van der Waals surface area contributed by atoms with Gasteiger partial charge in [-0.2, -0.15) is 0 Å². The fourth-order valence-electron chi connectivity index (χ4n) is 1.31. The van der Waals surface area contributed by atoms with Crippen molar-refractivity contribution >= 4 is 23.2 Å². The third kappa shape index (κ3) is 2.39. The molecule has 0 aliphatic carbocycles. The highest BCUT2D eigenvalue weighted by Gasteiger charge is 2.24. The van der Waals surface area contributed by atoms with Crippen molar-refractivity contribution in [3.05, 3.63) is 33.8 Å². The van der Waals surface area contributed by atoms with Crippen molar-refractivity contribution in [1.29, 1.82) is 0 Å². The van der Waals surface area contributed by atoms with Crippen LogP contribution in [0.2, 0.25) is 10.0 Å². The predicted molar refractivity (Wildman–Crippen MR) is 59.6 cm³/mol. The van der Waals surface area contributed by atoms with Crippen molar-refractivity contribution in [3.63, 3.8) is 0 Å². The van der Waals surface area contributed by atoms with E-state index in [0.717, 1.165) is 5.56 Å². The van der Waals surface area contributed by atoms with Gasteiger partial charge in [-0.1, -0.05) is 49.2 Å². The zero-order valence-corrected chi connectivity index (χ0v) is 9.69. The Kier molecular flexibility index (Phi) is 3.78. The molecule has 0 amide bonds. The van der Waals surface area contributed by atoms with Gasteiger partial charge in [0.05, 0.1) is 16.7 Å². The van der Waals surface area contributed by atoms with Crippen molar-refractivity contribution in [1.82, 2.24) is 0 Å². The first-order valence-electron chi connectivity index (χ1n) is 4.25. The number of nitrogens with two attached hydrogens (primary N) is 1. The minimum atomic E-state index is -0.239. The van der Waals surface area contributed by atoms with E-state index >= 15 is 0 Å². The zero-order valence-electron chi connectivity index (χ0n) is 8.18. The molecular formula is C10H13Cl2NO. The average Bonchev–Trinajstić information content (AvgIpc) is 2.09. The minimum absolute atomic E-state index is 0.239. The topological polar surface area (TPSA) is 35.2 Å². The number of hydrogen-bond donors (Lipinski definition) is 1. The molecule has 0 aliphatic heterocycles. The monoisotopic (exact) mass is 233 g/mol. The lowest BCUT2D eigenvalue weighted by Gasteiger charge is -2.25. The zero-order chi connectivity index (χ0) is 10.8. The smallest absolute Gasteiger partial charge is 0.0771 e. The Morgan fingerprint density at radius 2 is 2.00 bits per heavy atom. The lowest BCUT2D eigenvalue weighted by atomic mass is 9.85. The van der Waals surface area contributed by atoms with Gasteiger partial charge in [0.15, 0.2) is 0 Å².